The van der Waals surface area contributed by atoms with E-state index in [1.165, 1.54) is 12.1 Å². The van der Waals surface area contributed by atoms with Crippen molar-refractivity contribution >= 4 is 0 Å². The summed E-state index contributed by atoms with van der Waals surface area (Å²) in [5.74, 6) is 0.575. The van der Waals surface area contributed by atoms with Crippen LogP contribution in [0.15, 0.2) is 48.5 Å². The van der Waals surface area contributed by atoms with Crippen LogP contribution in [0.5, 0.6) is 5.75 Å². The summed E-state index contributed by atoms with van der Waals surface area (Å²) in [6, 6.07) is 14.0. The lowest BCUT2D eigenvalue weighted by Crippen LogP contribution is -2.13. The van der Waals surface area contributed by atoms with Gasteiger partial charge in [0.25, 0.3) is 0 Å². The van der Waals surface area contributed by atoms with Crippen LogP contribution < -0.4 is 10.5 Å². The van der Waals surface area contributed by atoms with Crippen molar-refractivity contribution in [3.05, 3.63) is 65.5 Å². The van der Waals surface area contributed by atoms with E-state index in [0.717, 1.165) is 16.9 Å². The van der Waals surface area contributed by atoms with Crippen LogP contribution in [0.2, 0.25) is 0 Å². The molecule has 0 aliphatic rings. The van der Waals surface area contributed by atoms with E-state index in [4.69, 9.17) is 10.5 Å². The summed E-state index contributed by atoms with van der Waals surface area (Å²) < 4.78 is 18.0. The first-order chi connectivity index (χ1) is 8.69. The molecule has 2 aromatic carbocycles. The Kier molecular flexibility index (Phi) is 3.95. The molecular formula is C15H16FNO. The Hall–Kier alpha value is -1.87. The fourth-order valence-corrected chi connectivity index (χ4v) is 1.88. The third kappa shape index (κ3) is 3.08. The third-order valence-corrected chi connectivity index (χ3v) is 2.89. The minimum Gasteiger partial charge on any atom is -0.497 e. The quantitative estimate of drug-likeness (QED) is 0.898. The number of benzene rings is 2. The Bertz CT molecular complexity index is 510. The highest BCUT2D eigenvalue weighted by Crippen LogP contribution is 2.19. The van der Waals surface area contributed by atoms with Crippen LogP contribution >= 0.6 is 0 Å². The monoisotopic (exact) mass is 245 g/mol. The van der Waals surface area contributed by atoms with Gasteiger partial charge in [-0.2, -0.15) is 0 Å². The molecule has 3 heteroatoms. The maximum Gasteiger partial charge on any atom is 0.123 e. The molecule has 0 saturated carbocycles. The Balaban J connectivity index is 2.10. The maximum absolute atomic E-state index is 12.8. The first-order valence-corrected chi connectivity index (χ1v) is 5.83. The Morgan fingerprint density at radius 3 is 2.56 bits per heavy atom. The predicted molar refractivity (Wildman–Crippen MR) is 70.0 cm³/mol. The Morgan fingerprint density at radius 1 is 1.17 bits per heavy atom. The highest BCUT2D eigenvalue weighted by Gasteiger charge is 2.07. The van der Waals surface area contributed by atoms with Gasteiger partial charge in [0, 0.05) is 6.04 Å². The topological polar surface area (TPSA) is 35.2 Å². The third-order valence-electron chi connectivity index (χ3n) is 2.89. The van der Waals surface area contributed by atoms with Crippen molar-refractivity contribution in [3.8, 4) is 5.75 Å². The molecule has 2 nitrogen and oxygen atoms in total. The predicted octanol–water partition coefficient (Wildman–Crippen LogP) is 3.08. The van der Waals surface area contributed by atoms with Crippen molar-refractivity contribution in [1.82, 2.24) is 0 Å². The molecule has 18 heavy (non-hydrogen) atoms. The zero-order chi connectivity index (χ0) is 13.0. The molecule has 0 amide bonds. The molecule has 0 saturated heterocycles. The number of rotatable bonds is 4. The van der Waals surface area contributed by atoms with Gasteiger partial charge in [-0.15, -0.1) is 0 Å². The van der Waals surface area contributed by atoms with Crippen LogP contribution in [-0.2, 0) is 6.42 Å². The van der Waals surface area contributed by atoms with E-state index in [0.29, 0.717) is 6.42 Å². The van der Waals surface area contributed by atoms with Crippen molar-refractivity contribution < 1.29 is 9.13 Å². The number of methoxy groups -OCH3 is 1. The van der Waals surface area contributed by atoms with E-state index < -0.39 is 0 Å². The summed E-state index contributed by atoms with van der Waals surface area (Å²) in [6.45, 7) is 0. The van der Waals surface area contributed by atoms with E-state index in [-0.39, 0.29) is 11.9 Å². The summed E-state index contributed by atoms with van der Waals surface area (Å²) >= 11 is 0. The Morgan fingerprint density at radius 2 is 1.89 bits per heavy atom. The molecule has 94 valence electrons. The van der Waals surface area contributed by atoms with Crippen molar-refractivity contribution in [2.24, 2.45) is 5.73 Å². The second-order valence-corrected chi connectivity index (χ2v) is 4.21. The molecule has 1 atom stereocenters. The van der Waals surface area contributed by atoms with Gasteiger partial charge < -0.3 is 10.5 Å². The molecule has 0 aliphatic heterocycles. The molecule has 0 fully saturated rings. The fourth-order valence-electron chi connectivity index (χ4n) is 1.88. The first-order valence-electron chi connectivity index (χ1n) is 5.83. The molecular weight excluding hydrogens is 229 g/mol. The van der Waals surface area contributed by atoms with Gasteiger partial charge in [0.15, 0.2) is 0 Å². The van der Waals surface area contributed by atoms with Crippen LogP contribution in [0.4, 0.5) is 4.39 Å². The van der Waals surface area contributed by atoms with Crippen LogP contribution in [-0.4, -0.2) is 7.11 Å². The van der Waals surface area contributed by atoms with Gasteiger partial charge in [0.1, 0.15) is 11.6 Å². The summed E-state index contributed by atoms with van der Waals surface area (Å²) in [6.07, 6.45) is 0.697. The molecule has 2 aromatic rings. The zero-order valence-electron chi connectivity index (χ0n) is 10.3. The minimum atomic E-state index is -0.243. The van der Waals surface area contributed by atoms with E-state index in [1.807, 2.05) is 24.3 Å². The number of nitrogens with two attached hydrogens (primary N) is 1. The highest BCUT2D eigenvalue weighted by atomic mass is 19.1. The summed E-state index contributed by atoms with van der Waals surface area (Å²) in [5, 5.41) is 0. The minimum absolute atomic E-state index is 0.141. The Labute approximate surface area is 106 Å². The maximum atomic E-state index is 12.8. The lowest BCUT2D eigenvalue weighted by atomic mass is 9.99. The number of halogens is 1. The van der Waals surface area contributed by atoms with Crippen LogP contribution in [0.25, 0.3) is 0 Å². The van der Waals surface area contributed by atoms with E-state index >= 15 is 0 Å². The average Bonchev–Trinajstić information content (AvgIpc) is 2.39. The SMILES string of the molecule is COc1cccc(CC(N)c2ccc(F)cc2)c1. The van der Waals surface area contributed by atoms with Crippen molar-refractivity contribution in [2.75, 3.05) is 7.11 Å². The summed E-state index contributed by atoms with van der Waals surface area (Å²) in [5.41, 5.74) is 8.14. The van der Waals surface area contributed by atoms with Crippen molar-refractivity contribution in [1.29, 1.82) is 0 Å². The molecule has 0 aliphatic carbocycles. The second kappa shape index (κ2) is 5.65. The van der Waals surface area contributed by atoms with Crippen LogP contribution in [0, 0.1) is 5.82 Å². The number of hydrogen-bond acceptors (Lipinski definition) is 2. The molecule has 0 bridgehead atoms. The lowest BCUT2D eigenvalue weighted by Gasteiger charge is -2.12. The largest absolute Gasteiger partial charge is 0.497 e. The van der Waals surface area contributed by atoms with Gasteiger partial charge in [-0.05, 0) is 41.8 Å². The van der Waals surface area contributed by atoms with E-state index in [9.17, 15) is 4.39 Å². The molecule has 1 unspecified atom stereocenters. The molecule has 2 rings (SSSR count). The standard InChI is InChI=1S/C15H16FNO/c1-18-14-4-2-3-11(9-14)10-15(17)12-5-7-13(16)8-6-12/h2-9,15H,10,17H2,1H3. The van der Waals surface area contributed by atoms with Crippen molar-refractivity contribution in [2.45, 2.75) is 12.5 Å². The van der Waals surface area contributed by atoms with Gasteiger partial charge >= 0.3 is 0 Å². The molecule has 0 radical (unpaired) electrons. The van der Waals surface area contributed by atoms with Crippen LogP contribution in [0.1, 0.15) is 17.2 Å². The van der Waals surface area contributed by atoms with Crippen molar-refractivity contribution in [3.63, 3.8) is 0 Å². The molecule has 2 N–H and O–H groups in total. The number of hydrogen-bond donors (Lipinski definition) is 1. The van der Waals surface area contributed by atoms with Gasteiger partial charge in [-0.3, -0.25) is 0 Å². The van der Waals surface area contributed by atoms with E-state index in [1.54, 1.807) is 19.2 Å². The van der Waals surface area contributed by atoms with E-state index in [2.05, 4.69) is 0 Å². The first kappa shape index (κ1) is 12.6. The van der Waals surface area contributed by atoms with Crippen LogP contribution in [0.3, 0.4) is 0 Å². The fraction of sp³-hybridized carbons (Fsp3) is 0.200. The molecule has 0 spiro atoms. The normalized spacial score (nSPS) is 12.2. The lowest BCUT2D eigenvalue weighted by molar-refractivity contribution is 0.414. The van der Waals surface area contributed by atoms with Gasteiger partial charge in [-0.25, -0.2) is 4.39 Å². The average molecular weight is 245 g/mol. The van der Waals surface area contributed by atoms with Gasteiger partial charge in [-0.1, -0.05) is 24.3 Å². The molecule has 0 aromatic heterocycles. The zero-order valence-corrected chi connectivity index (χ0v) is 10.3. The smallest absolute Gasteiger partial charge is 0.123 e. The summed E-state index contributed by atoms with van der Waals surface area (Å²) in [4.78, 5) is 0. The number of ether oxygens (including phenoxy) is 1. The highest BCUT2D eigenvalue weighted by molar-refractivity contribution is 5.30. The van der Waals surface area contributed by atoms with Gasteiger partial charge in [0.05, 0.1) is 7.11 Å². The van der Waals surface area contributed by atoms with Gasteiger partial charge in [0.2, 0.25) is 0 Å². The second-order valence-electron chi connectivity index (χ2n) is 4.21. The summed E-state index contributed by atoms with van der Waals surface area (Å²) in [7, 11) is 1.64. The molecule has 0 heterocycles.